The summed E-state index contributed by atoms with van der Waals surface area (Å²) >= 11 is 1.64. The molecule has 1 atom stereocenters. The summed E-state index contributed by atoms with van der Waals surface area (Å²) in [5.41, 5.74) is 5.62. The average molecular weight is 186 g/mol. The molecule has 1 rings (SSSR count). The van der Waals surface area contributed by atoms with Gasteiger partial charge in [-0.25, -0.2) is 4.98 Å². The molecular formula is C8H14N2OS. The molecule has 1 aromatic heterocycles. The Morgan fingerprint density at radius 3 is 2.75 bits per heavy atom. The van der Waals surface area contributed by atoms with E-state index in [9.17, 15) is 0 Å². The number of nitrogen functional groups attached to an aromatic ring is 1. The predicted molar refractivity (Wildman–Crippen MR) is 51.4 cm³/mol. The van der Waals surface area contributed by atoms with E-state index in [0.717, 1.165) is 16.3 Å². The molecule has 68 valence electrons. The van der Waals surface area contributed by atoms with Gasteiger partial charge in [0.15, 0.2) is 0 Å². The molecule has 1 aromatic rings. The van der Waals surface area contributed by atoms with E-state index < -0.39 is 0 Å². The molecule has 2 N–H and O–H groups in total. The highest BCUT2D eigenvalue weighted by atomic mass is 32.1. The van der Waals surface area contributed by atoms with Crippen LogP contribution in [0.25, 0.3) is 0 Å². The summed E-state index contributed by atoms with van der Waals surface area (Å²) in [5.74, 6) is 0.651. The van der Waals surface area contributed by atoms with Crippen molar-refractivity contribution < 1.29 is 4.74 Å². The van der Waals surface area contributed by atoms with Crippen LogP contribution in [0.4, 0.5) is 5.82 Å². The summed E-state index contributed by atoms with van der Waals surface area (Å²) in [6.07, 6.45) is 1.06. The predicted octanol–water partition coefficient (Wildman–Crippen LogP) is 1.61. The second-order valence-corrected chi connectivity index (χ2v) is 4.09. The van der Waals surface area contributed by atoms with E-state index in [0.29, 0.717) is 5.82 Å². The molecule has 0 aliphatic carbocycles. The monoisotopic (exact) mass is 186 g/mol. The van der Waals surface area contributed by atoms with Gasteiger partial charge < -0.3 is 10.5 Å². The van der Waals surface area contributed by atoms with Crippen molar-refractivity contribution in [2.24, 2.45) is 0 Å². The summed E-state index contributed by atoms with van der Waals surface area (Å²) in [7, 11) is 1.70. The van der Waals surface area contributed by atoms with Crippen molar-refractivity contribution in [1.82, 2.24) is 4.98 Å². The summed E-state index contributed by atoms with van der Waals surface area (Å²) in [5, 5.41) is 1.05. The second kappa shape index (κ2) is 3.87. The highest BCUT2D eigenvalue weighted by Crippen LogP contribution is 2.20. The number of thiazole rings is 1. The first-order chi connectivity index (χ1) is 5.63. The van der Waals surface area contributed by atoms with Crippen molar-refractivity contribution >= 4 is 17.2 Å². The van der Waals surface area contributed by atoms with Crippen LogP contribution >= 0.6 is 11.3 Å². The molecule has 0 spiro atoms. The standard InChI is InChI=1S/C8H14N2OS/c1-5(11-3)4-7-10-8(9)6(2)12-7/h5H,4,9H2,1-3H3. The van der Waals surface area contributed by atoms with Gasteiger partial charge in [-0.3, -0.25) is 0 Å². The first-order valence-electron chi connectivity index (χ1n) is 3.88. The lowest BCUT2D eigenvalue weighted by molar-refractivity contribution is 0.119. The smallest absolute Gasteiger partial charge is 0.137 e. The summed E-state index contributed by atoms with van der Waals surface area (Å²) in [6, 6.07) is 0. The topological polar surface area (TPSA) is 48.1 Å². The fraction of sp³-hybridized carbons (Fsp3) is 0.625. The molecule has 3 nitrogen and oxygen atoms in total. The van der Waals surface area contributed by atoms with Gasteiger partial charge in [-0.05, 0) is 13.8 Å². The molecule has 0 aliphatic heterocycles. The highest BCUT2D eigenvalue weighted by molar-refractivity contribution is 7.12. The van der Waals surface area contributed by atoms with Crippen LogP contribution in [0.5, 0.6) is 0 Å². The van der Waals surface area contributed by atoms with Crippen LogP contribution in [-0.4, -0.2) is 18.2 Å². The third-order valence-electron chi connectivity index (χ3n) is 1.74. The lowest BCUT2D eigenvalue weighted by Crippen LogP contribution is -2.08. The molecule has 0 amide bonds. The van der Waals surface area contributed by atoms with Gasteiger partial charge in [-0.15, -0.1) is 11.3 Å². The van der Waals surface area contributed by atoms with E-state index in [2.05, 4.69) is 4.98 Å². The molecule has 12 heavy (non-hydrogen) atoms. The second-order valence-electron chi connectivity index (χ2n) is 2.80. The fourth-order valence-corrected chi connectivity index (χ4v) is 1.85. The minimum atomic E-state index is 0.218. The zero-order chi connectivity index (χ0) is 9.14. The Bertz CT molecular complexity index is 240. The number of hydrogen-bond donors (Lipinski definition) is 1. The van der Waals surface area contributed by atoms with Crippen LogP contribution in [0.2, 0.25) is 0 Å². The maximum Gasteiger partial charge on any atom is 0.137 e. The Labute approximate surface area is 76.6 Å². The van der Waals surface area contributed by atoms with E-state index in [1.165, 1.54) is 0 Å². The van der Waals surface area contributed by atoms with Gasteiger partial charge in [0.1, 0.15) is 5.82 Å². The largest absolute Gasteiger partial charge is 0.383 e. The zero-order valence-electron chi connectivity index (χ0n) is 7.63. The molecular weight excluding hydrogens is 172 g/mol. The fourth-order valence-electron chi connectivity index (χ4n) is 0.881. The molecule has 1 heterocycles. The summed E-state index contributed by atoms with van der Waals surface area (Å²) in [6.45, 7) is 4.00. The molecule has 0 saturated carbocycles. The maximum absolute atomic E-state index is 5.62. The number of ether oxygens (including phenoxy) is 1. The van der Waals surface area contributed by atoms with Crippen molar-refractivity contribution in [3.8, 4) is 0 Å². The third kappa shape index (κ3) is 2.19. The Hall–Kier alpha value is -0.610. The molecule has 0 aromatic carbocycles. The lowest BCUT2D eigenvalue weighted by atomic mass is 10.3. The Morgan fingerprint density at radius 2 is 2.33 bits per heavy atom. The number of rotatable bonds is 3. The van der Waals surface area contributed by atoms with Crippen LogP contribution < -0.4 is 5.73 Å². The molecule has 0 radical (unpaired) electrons. The number of aryl methyl sites for hydroxylation is 1. The van der Waals surface area contributed by atoms with E-state index >= 15 is 0 Å². The number of nitrogens with two attached hydrogens (primary N) is 1. The van der Waals surface area contributed by atoms with Crippen molar-refractivity contribution in [1.29, 1.82) is 0 Å². The quantitative estimate of drug-likeness (QED) is 0.780. The number of hydrogen-bond acceptors (Lipinski definition) is 4. The Balaban J connectivity index is 2.64. The van der Waals surface area contributed by atoms with Gasteiger partial charge in [0.05, 0.1) is 11.1 Å². The van der Waals surface area contributed by atoms with Crippen molar-refractivity contribution in [2.75, 3.05) is 12.8 Å². The number of aromatic nitrogens is 1. The normalized spacial score (nSPS) is 13.2. The van der Waals surface area contributed by atoms with Crippen molar-refractivity contribution in [3.63, 3.8) is 0 Å². The van der Waals surface area contributed by atoms with Gasteiger partial charge in [0.2, 0.25) is 0 Å². The average Bonchev–Trinajstić information content (AvgIpc) is 2.31. The van der Waals surface area contributed by atoms with Gasteiger partial charge in [-0.1, -0.05) is 0 Å². The SMILES string of the molecule is COC(C)Cc1nc(N)c(C)s1. The van der Waals surface area contributed by atoms with E-state index in [-0.39, 0.29) is 6.10 Å². The lowest BCUT2D eigenvalue weighted by Gasteiger charge is -2.05. The zero-order valence-corrected chi connectivity index (χ0v) is 8.44. The Morgan fingerprint density at radius 1 is 1.67 bits per heavy atom. The van der Waals surface area contributed by atoms with Crippen LogP contribution in [-0.2, 0) is 11.2 Å². The highest BCUT2D eigenvalue weighted by Gasteiger charge is 2.07. The number of methoxy groups -OCH3 is 1. The van der Waals surface area contributed by atoms with Gasteiger partial charge in [-0.2, -0.15) is 0 Å². The van der Waals surface area contributed by atoms with E-state index in [4.69, 9.17) is 10.5 Å². The minimum Gasteiger partial charge on any atom is -0.383 e. The van der Waals surface area contributed by atoms with Crippen LogP contribution in [0.15, 0.2) is 0 Å². The molecule has 1 unspecified atom stereocenters. The van der Waals surface area contributed by atoms with Crippen LogP contribution in [0.1, 0.15) is 16.8 Å². The third-order valence-corrected chi connectivity index (χ3v) is 2.75. The first-order valence-corrected chi connectivity index (χ1v) is 4.69. The number of nitrogens with zero attached hydrogens (tertiary/aromatic N) is 1. The van der Waals surface area contributed by atoms with Crippen molar-refractivity contribution in [2.45, 2.75) is 26.4 Å². The van der Waals surface area contributed by atoms with Crippen molar-refractivity contribution in [3.05, 3.63) is 9.88 Å². The molecule has 0 fully saturated rings. The molecule has 0 bridgehead atoms. The molecule has 0 aliphatic rings. The maximum atomic E-state index is 5.62. The van der Waals surface area contributed by atoms with E-state index in [1.54, 1.807) is 18.4 Å². The molecule has 0 saturated heterocycles. The molecule has 4 heteroatoms. The van der Waals surface area contributed by atoms with Crippen LogP contribution in [0, 0.1) is 6.92 Å². The van der Waals surface area contributed by atoms with Gasteiger partial charge >= 0.3 is 0 Å². The van der Waals surface area contributed by atoms with Gasteiger partial charge in [0, 0.05) is 18.4 Å². The summed E-state index contributed by atoms with van der Waals surface area (Å²) in [4.78, 5) is 5.31. The first kappa shape index (κ1) is 9.48. The van der Waals surface area contributed by atoms with E-state index in [1.807, 2.05) is 13.8 Å². The minimum absolute atomic E-state index is 0.218. The van der Waals surface area contributed by atoms with Crippen LogP contribution in [0.3, 0.4) is 0 Å². The van der Waals surface area contributed by atoms with Gasteiger partial charge in [0.25, 0.3) is 0 Å². The Kier molecular flexibility index (Phi) is 3.05. The number of anilines is 1. The summed E-state index contributed by atoms with van der Waals surface area (Å²) < 4.78 is 5.13.